The predicted molar refractivity (Wildman–Crippen MR) is 91.6 cm³/mol. The van der Waals surface area contributed by atoms with Gasteiger partial charge in [-0.05, 0) is 44.3 Å². The molecule has 0 spiro atoms. The van der Waals surface area contributed by atoms with Crippen LogP contribution < -0.4 is 10.9 Å². The Morgan fingerprint density at radius 3 is 2.71 bits per heavy atom. The molecule has 3 rings (SSSR count). The van der Waals surface area contributed by atoms with Crippen molar-refractivity contribution in [3.05, 3.63) is 35.6 Å². The Bertz CT molecular complexity index is 554. The summed E-state index contributed by atoms with van der Waals surface area (Å²) in [5.41, 5.74) is 7.12. The molecule has 24 heavy (non-hydrogen) atoms. The number of likely N-dealkylation sites (tertiary alicyclic amines) is 1. The number of nitrogens with zero attached hydrogens (tertiary/aromatic N) is 2. The van der Waals surface area contributed by atoms with Crippen LogP contribution in [-0.2, 0) is 11.3 Å². The number of nitrogens with one attached hydrogen (secondary N) is 2. The van der Waals surface area contributed by atoms with Crippen molar-refractivity contribution >= 4 is 5.91 Å². The highest BCUT2D eigenvalue weighted by Crippen LogP contribution is 2.23. The van der Waals surface area contributed by atoms with Gasteiger partial charge in [-0.2, -0.15) is 0 Å². The molecule has 1 unspecified atom stereocenters. The molecule has 6 heteroatoms. The van der Waals surface area contributed by atoms with E-state index in [0.29, 0.717) is 30.6 Å². The van der Waals surface area contributed by atoms with Gasteiger partial charge < -0.3 is 4.90 Å². The summed E-state index contributed by atoms with van der Waals surface area (Å²) in [5, 5.41) is 0. The van der Waals surface area contributed by atoms with E-state index in [9.17, 15) is 9.18 Å². The molecule has 2 aliphatic rings. The molecule has 1 aromatic carbocycles. The number of benzene rings is 1. The Hall–Kier alpha value is -1.50. The van der Waals surface area contributed by atoms with Gasteiger partial charge >= 0.3 is 0 Å². The van der Waals surface area contributed by atoms with Crippen molar-refractivity contribution in [2.24, 2.45) is 5.92 Å². The fourth-order valence-electron chi connectivity index (χ4n) is 3.65. The van der Waals surface area contributed by atoms with Crippen molar-refractivity contribution in [2.45, 2.75) is 31.8 Å². The minimum Gasteiger partial charge on any atom is -0.340 e. The van der Waals surface area contributed by atoms with Crippen LogP contribution in [-0.4, -0.2) is 55.0 Å². The van der Waals surface area contributed by atoms with Crippen molar-refractivity contribution in [1.29, 1.82) is 0 Å². The minimum atomic E-state index is -0.254. The summed E-state index contributed by atoms with van der Waals surface area (Å²) in [6.45, 7) is 3.71. The number of halogens is 1. The van der Waals surface area contributed by atoms with Crippen LogP contribution in [0.1, 0.15) is 24.8 Å². The first-order valence-electron chi connectivity index (χ1n) is 8.81. The first-order valence-corrected chi connectivity index (χ1v) is 8.81. The number of carbonyl (C=O) groups is 1. The maximum atomic E-state index is 13.7. The lowest BCUT2D eigenvalue weighted by atomic mass is 9.88. The van der Waals surface area contributed by atoms with E-state index in [1.54, 1.807) is 30.1 Å². The van der Waals surface area contributed by atoms with Crippen LogP contribution in [0, 0.1) is 11.7 Å². The number of piperidine rings is 1. The number of hydrogen-bond donors (Lipinski definition) is 2. The largest absolute Gasteiger partial charge is 0.340 e. The van der Waals surface area contributed by atoms with Crippen LogP contribution in [0.2, 0.25) is 0 Å². The Balaban J connectivity index is 1.44. The zero-order chi connectivity index (χ0) is 16.9. The number of carbonyl (C=O) groups excluding carboxylic acids is 1. The van der Waals surface area contributed by atoms with E-state index in [1.165, 1.54) is 12.5 Å². The van der Waals surface area contributed by atoms with Gasteiger partial charge in [0.1, 0.15) is 5.82 Å². The molecule has 2 aliphatic heterocycles. The second-order valence-corrected chi connectivity index (χ2v) is 6.92. The SMILES string of the molecule is CN(Cc1ccccc1F)C(=O)CN1CCC(C2CCNN2)CC1. The van der Waals surface area contributed by atoms with Gasteiger partial charge in [0.25, 0.3) is 0 Å². The molecule has 2 heterocycles. The smallest absolute Gasteiger partial charge is 0.236 e. The number of hydrogen-bond acceptors (Lipinski definition) is 4. The van der Waals surface area contributed by atoms with Crippen LogP contribution in [0.15, 0.2) is 24.3 Å². The highest BCUT2D eigenvalue weighted by Gasteiger charge is 2.29. The third kappa shape index (κ3) is 4.32. The third-order valence-corrected chi connectivity index (χ3v) is 5.22. The first-order chi connectivity index (χ1) is 11.6. The number of likely N-dealkylation sites (N-methyl/N-ethyl adjacent to an activating group) is 1. The summed E-state index contributed by atoms with van der Waals surface area (Å²) < 4.78 is 13.7. The molecule has 0 radical (unpaired) electrons. The number of amides is 1. The average molecular weight is 334 g/mol. The van der Waals surface area contributed by atoms with E-state index in [4.69, 9.17) is 0 Å². The summed E-state index contributed by atoms with van der Waals surface area (Å²) in [5.74, 6) is 0.496. The topological polar surface area (TPSA) is 47.6 Å². The summed E-state index contributed by atoms with van der Waals surface area (Å²) in [6, 6.07) is 7.21. The Morgan fingerprint density at radius 2 is 2.04 bits per heavy atom. The lowest BCUT2D eigenvalue weighted by Crippen LogP contribution is -2.45. The fraction of sp³-hybridized carbons (Fsp3) is 0.611. The summed E-state index contributed by atoms with van der Waals surface area (Å²) in [7, 11) is 1.75. The highest BCUT2D eigenvalue weighted by molar-refractivity contribution is 5.78. The van der Waals surface area contributed by atoms with Gasteiger partial charge in [0, 0.05) is 31.7 Å². The molecule has 1 atom stereocenters. The second-order valence-electron chi connectivity index (χ2n) is 6.92. The van der Waals surface area contributed by atoms with Crippen LogP contribution in [0.25, 0.3) is 0 Å². The molecule has 0 bridgehead atoms. The zero-order valence-corrected chi connectivity index (χ0v) is 14.3. The van der Waals surface area contributed by atoms with E-state index < -0.39 is 0 Å². The Labute approximate surface area is 143 Å². The van der Waals surface area contributed by atoms with E-state index in [2.05, 4.69) is 15.8 Å². The van der Waals surface area contributed by atoms with Crippen LogP contribution in [0.4, 0.5) is 4.39 Å². The highest BCUT2D eigenvalue weighted by atomic mass is 19.1. The minimum absolute atomic E-state index is 0.0531. The van der Waals surface area contributed by atoms with Crippen molar-refractivity contribution in [1.82, 2.24) is 20.7 Å². The number of rotatable bonds is 5. The molecule has 2 fully saturated rings. The van der Waals surface area contributed by atoms with Gasteiger partial charge in [-0.15, -0.1) is 0 Å². The van der Waals surface area contributed by atoms with Crippen molar-refractivity contribution in [2.75, 3.05) is 33.2 Å². The molecule has 0 saturated carbocycles. The van der Waals surface area contributed by atoms with Gasteiger partial charge in [0.15, 0.2) is 0 Å². The third-order valence-electron chi connectivity index (χ3n) is 5.22. The van der Waals surface area contributed by atoms with Crippen molar-refractivity contribution in [3.63, 3.8) is 0 Å². The molecule has 132 valence electrons. The molecular weight excluding hydrogens is 307 g/mol. The molecule has 2 N–H and O–H groups in total. The van der Waals surface area contributed by atoms with Crippen LogP contribution in [0.3, 0.4) is 0 Å². The molecular formula is C18H27FN4O. The summed E-state index contributed by atoms with van der Waals surface area (Å²) in [6.07, 6.45) is 3.45. The van der Waals surface area contributed by atoms with Gasteiger partial charge in [-0.3, -0.25) is 20.5 Å². The lowest BCUT2D eigenvalue weighted by molar-refractivity contribution is -0.132. The van der Waals surface area contributed by atoms with Gasteiger partial charge in [0.2, 0.25) is 5.91 Å². The molecule has 1 amide bonds. The van der Waals surface area contributed by atoms with Gasteiger partial charge in [-0.1, -0.05) is 18.2 Å². The Kier molecular flexibility index (Phi) is 5.81. The quantitative estimate of drug-likeness (QED) is 0.854. The normalized spacial score (nSPS) is 22.7. The number of hydrazine groups is 1. The molecule has 2 saturated heterocycles. The molecule has 5 nitrogen and oxygen atoms in total. The van der Waals surface area contributed by atoms with E-state index in [1.807, 2.05) is 0 Å². The first kappa shape index (κ1) is 17.3. The van der Waals surface area contributed by atoms with Crippen molar-refractivity contribution < 1.29 is 9.18 Å². The maximum Gasteiger partial charge on any atom is 0.236 e. The molecule has 0 aliphatic carbocycles. The Morgan fingerprint density at radius 1 is 1.29 bits per heavy atom. The summed E-state index contributed by atoms with van der Waals surface area (Å²) in [4.78, 5) is 16.2. The lowest BCUT2D eigenvalue weighted by Gasteiger charge is -2.34. The van der Waals surface area contributed by atoms with E-state index >= 15 is 0 Å². The van der Waals surface area contributed by atoms with Crippen LogP contribution >= 0.6 is 0 Å². The second kappa shape index (κ2) is 8.05. The van der Waals surface area contributed by atoms with Crippen molar-refractivity contribution in [3.8, 4) is 0 Å². The molecule has 1 aromatic rings. The average Bonchev–Trinajstić information content (AvgIpc) is 3.12. The standard InChI is InChI=1S/C18H27FN4O/c1-22(12-15-4-2-3-5-16(15)19)18(24)13-23-10-7-14(8-11-23)17-6-9-20-21-17/h2-5,14,17,20-21H,6-13H2,1H3. The van der Waals surface area contributed by atoms with E-state index in [-0.39, 0.29) is 11.7 Å². The predicted octanol–water partition coefficient (Wildman–Crippen LogP) is 1.36. The molecule has 0 aromatic heterocycles. The monoisotopic (exact) mass is 334 g/mol. The fourth-order valence-corrected chi connectivity index (χ4v) is 3.65. The van der Waals surface area contributed by atoms with Gasteiger partial charge in [0.05, 0.1) is 6.54 Å². The van der Waals surface area contributed by atoms with Crippen LogP contribution in [0.5, 0.6) is 0 Å². The maximum absolute atomic E-state index is 13.7. The van der Waals surface area contributed by atoms with E-state index in [0.717, 1.165) is 32.5 Å². The van der Waals surface area contributed by atoms with Gasteiger partial charge in [-0.25, -0.2) is 4.39 Å². The zero-order valence-electron chi connectivity index (χ0n) is 14.3. The summed E-state index contributed by atoms with van der Waals surface area (Å²) >= 11 is 0.